The molecule has 1 saturated heterocycles. The smallest absolute Gasteiger partial charge is 0.237 e. The van der Waals surface area contributed by atoms with Crippen molar-refractivity contribution in [3.05, 3.63) is 23.8 Å². The van der Waals surface area contributed by atoms with Crippen molar-refractivity contribution >= 4 is 5.91 Å². The van der Waals surface area contributed by atoms with E-state index in [1.807, 2.05) is 18.2 Å². The topological polar surface area (TPSA) is 79.8 Å². The first kappa shape index (κ1) is 14.2. The molecule has 1 aromatic rings. The highest BCUT2D eigenvalue weighted by atomic mass is 16.6. The van der Waals surface area contributed by atoms with Gasteiger partial charge in [0.05, 0.1) is 12.1 Å². The minimum Gasteiger partial charge on any atom is -0.486 e. The number of amides is 1. The van der Waals surface area contributed by atoms with Crippen LogP contribution in [0.4, 0.5) is 0 Å². The Hall–Kier alpha value is -1.79. The minimum atomic E-state index is -0.418. The lowest BCUT2D eigenvalue weighted by molar-refractivity contribution is -0.122. The predicted octanol–water partition coefficient (Wildman–Crippen LogP) is -0.161. The van der Waals surface area contributed by atoms with Gasteiger partial charge in [0.25, 0.3) is 0 Å². The number of aliphatic hydroxyl groups excluding tert-OH is 1. The molecule has 0 saturated carbocycles. The zero-order chi connectivity index (χ0) is 14.7. The number of carbonyl (C=O) groups excluding carboxylic acids is 1. The van der Waals surface area contributed by atoms with E-state index in [9.17, 15) is 9.90 Å². The fraction of sp³-hybridized carbons (Fsp3) is 0.533. The van der Waals surface area contributed by atoms with Gasteiger partial charge in [-0.15, -0.1) is 0 Å². The summed E-state index contributed by atoms with van der Waals surface area (Å²) in [4.78, 5) is 11.9. The van der Waals surface area contributed by atoms with Gasteiger partial charge in [-0.25, -0.2) is 0 Å². The van der Waals surface area contributed by atoms with Crippen LogP contribution < -0.4 is 20.1 Å². The van der Waals surface area contributed by atoms with E-state index in [-0.39, 0.29) is 11.9 Å². The Bertz CT molecular complexity index is 520. The van der Waals surface area contributed by atoms with Crippen LogP contribution in [-0.4, -0.2) is 49.5 Å². The third-order valence-corrected chi connectivity index (χ3v) is 3.74. The van der Waals surface area contributed by atoms with Gasteiger partial charge in [0.1, 0.15) is 13.2 Å². The molecule has 1 aromatic carbocycles. The maximum absolute atomic E-state index is 11.9. The van der Waals surface area contributed by atoms with Crippen LogP contribution in [0.3, 0.4) is 0 Å². The molecule has 1 amide bonds. The number of β-amino-alcohol motifs (C(OH)–C–C–N with tert-alkyl or cyclic N) is 1. The lowest BCUT2D eigenvalue weighted by Crippen LogP contribution is -2.41. The predicted molar refractivity (Wildman–Crippen MR) is 76.6 cm³/mol. The number of hydrogen-bond acceptors (Lipinski definition) is 5. The molecule has 3 rings (SSSR count). The van der Waals surface area contributed by atoms with Crippen LogP contribution in [-0.2, 0) is 11.2 Å². The molecule has 6 nitrogen and oxygen atoms in total. The van der Waals surface area contributed by atoms with Crippen LogP contribution in [0.5, 0.6) is 11.5 Å². The summed E-state index contributed by atoms with van der Waals surface area (Å²) in [7, 11) is 0. The van der Waals surface area contributed by atoms with Crippen LogP contribution in [0.15, 0.2) is 18.2 Å². The Labute approximate surface area is 123 Å². The molecule has 3 N–H and O–H groups in total. The molecule has 0 aromatic heterocycles. The summed E-state index contributed by atoms with van der Waals surface area (Å²) < 4.78 is 11.0. The molecule has 0 bridgehead atoms. The second kappa shape index (κ2) is 6.32. The number of ether oxygens (including phenoxy) is 2. The van der Waals surface area contributed by atoms with E-state index in [1.54, 1.807) is 0 Å². The molecule has 0 radical (unpaired) electrons. The summed E-state index contributed by atoms with van der Waals surface area (Å²) in [5.74, 6) is 1.49. The van der Waals surface area contributed by atoms with Crippen molar-refractivity contribution < 1.29 is 19.4 Å². The monoisotopic (exact) mass is 292 g/mol. The number of carbonyl (C=O) groups is 1. The minimum absolute atomic E-state index is 0.0518. The third-order valence-electron chi connectivity index (χ3n) is 3.74. The van der Waals surface area contributed by atoms with E-state index in [1.165, 1.54) is 0 Å². The normalized spacial score (nSPS) is 23.9. The van der Waals surface area contributed by atoms with E-state index in [2.05, 4.69) is 10.6 Å². The van der Waals surface area contributed by atoms with E-state index in [0.717, 1.165) is 23.5 Å². The van der Waals surface area contributed by atoms with Crippen molar-refractivity contribution in [3.63, 3.8) is 0 Å². The highest BCUT2D eigenvalue weighted by molar-refractivity contribution is 5.82. The second-order valence-electron chi connectivity index (χ2n) is 5.37. The molecular formula is C15H20N2O4. The van der Waals surface area contributed by atoms with Gasteiger partial charge in [-0.05, 0) is 30.5 Å². The number of nitrogens with one attached hydrogen (secondary N) is 2. The molecule has 2 atom stereocenters. The van der Waals surface area contributed by atoms with E-state index < -0.39 is 6.10 Å². The van der Waals surface area contributed by atoms with Gasteiger partial charge < -0.3 is 25.2 Å². The SMILES string of the molecule is O=C(NCCc1ccc2c(c1)OCCO2)C1CC(O)CN1. The van der Waals surface area contributed by atoms with Gasteiger partial charge in [0.2, 0.25) is 5.91 Å². The summed E-state index contributed by atoms with van der Waals surface area (Å²) >= 11 is 0. The largest absolute Gasteiger partial charge is 0.486 e. The highest BCUT2D eigenvalue weighted by Crippen LogP contribution is 2.30. The van der Waals surface area contributed by atoms with E-state index >= 15 is 0 Å². The number of rotatable bonds is 4. The average molecular weight is 292 g/mol. The number of benzene rings is 1. The van der Waals surface area contributed by atoms with Gasteiger partial charge >= 0.3 is 0 Å². The molecular weight excluding hydrogens is 272 g/mol. The average Bonchev–Trinajstić information content (AvgIpc) is 2.94. The summed E-state index contributed by atoms with van der Waals surface area (Å²) in [5.41, 5.74) is 1.10. The molecule has 2 unspecified atom stereocenters. The standard InChI is InChI=1S/C15H20N2O4/c18-11-8-12(17-9-11)15(19)16-4-3-10-1-2-13-14(7-10)21-6-5-20-13/h1-2,7,11-12,17-18H,3-6,8-9H2,(H,16,19). The van der Waals surface area contributed by atoms with Crippen molar-refractivity contribution in [2.75, 3.05) is 26.3 Å². The Balaban J connectivity index is 1.48. The van der Waals surface area contributed by atoms with E-state index in [0.29, 0.717) is 32.7 Å². The lowest BCUT2D eigenvalue weighted by atomic mass is 10.1. The molecule has 1 fully saturated rings. The first-order valence-corrected chi connectivity index (χ1v) is 7.30. The van der Waals surface area contributed by atoms with E-state index in [4.69, 9.17) is 9.47 Å². The molecule has 2 aliphatic rings. The molecule has 0 aliphatic carbocycles. The van der Waals surface area contributed by atoms with Gasteiger partial charge in [0.15, 0.2) is 11.5 Å². The fourth-order valence-electron chi connectivity index (χ4n) is 2.61. The van der Waals surface area contributed by atoms with Crippen LogP contribution in [0.2, 0.25) is 0 Å². The van der Waals surface area contributed by atoms with Crippen molar-refractivity contribution in [1.82, 2.24) is 10.6 Å². The highest BCUT2D eigenvalue weighted by Gasteiger charge is 2.27. The summed E-state index contributed by atoms with van der Waals surface area (Å²) in [6.07, 6.45) is 0.798. The molecule has 6 heteroatoms. The van der Waals surface area contributed by atoms with Crippen molar-refractivity contribution in [2.24, 2.45) is 0 Å². The van der Waals surface area contributed by atoms with Gasteiger partial charge in [-0.2, -0.15) is 0 Å². The third kappa shape index (κ3) is 3.46. The summed E-state index contributed by atoms with van der Waals surface area (Å²) in [5, 5.41) is 15.3. The Morgan fingerprint density at radius 3 is 2.90 bits per heavy atom. The molecule has 114 valence electrons. The van der Waals surface area contributed by atoms with Gasteiger partial charge in [-0.3, -0.25) is 4.79 Å². The number of fused-ring (bicyclic) bond motifs is 1. The Morgan fingerprint density at radius 2 is 2.14 bits per heavy atom. The first-order valence-electron chi connectivity index (χ1n) is 7.30. The van der Waals surface area contributed by atoms with Crippen LogP contribution in [0, 0.1) is 0 Å². The molecule has 0 spiro atoms. The summed E-state index contributed by atoms with van der Waals surface area (Å²) in [6, 6.07) is 5.57. The van der Waals surface area contributed by atoms with Crippen molar-refractivity contribution in [3.8, 4) is 11.5 Å². The number of hydrogen-bond donors (Lipinski definition) is 3. The maximum atomic E-state index is 11.9. The van der Waals surface area contributed by atoms with Gasteiger partial charge in [-0.1, -0.05) is 6.07 Å². The lowest BCUT2D eigenvalue weighted by Gasteiger charge is -2.19. The van der Waals surface area contributed by atoms with Crippen molar-refractivity contribution in [2.45, 2.75) is 25.0 Å². The molecule has 2 heterocycles. The zero-order valence-electron chi connectivity index (χ0n) is 11.8. The summed E-state index contributed by atoms with van der Waals surface area (Å²) in [6.45, 7) is 2.21. The van der Waals surface area contributed by atoms with Crippen molar-refractivity contribution in [1.29, 1.82) is 0 Å². The molecule has 21 heavy (non-hydrogen) atoms. The maximum Gasteiger partial charge on any atom is 0.237 e. The zero-order valence-corrected chi connectivity index (χ0v) is 11.8. The van der Waals surface area contributed by atoms with Crippen LogP contribution >= 0.6 is 0 Å². The quantitative estimate of drug-likeness (QED) is 0.718. The first-order chi connectivity index (χ1) is 10.2. The van der Waals surface area contributed by atoms with Crippen LogP contribution in [0.25, 0.3) is 0 Å². The second-order valence-corrected chi connectivity index (χ2v) is 5.37. The molecule has 2 aliphatic heterocycles. The van der Waals surface area contributed by atoms with Crippen LogP contribution in [0.1, 0.15) is 12.0 Å². The van der Waals surface area contributed by atoms with Gasteiger partial charge in [0, 0.05) is 13.1 Å². The fourth-order valence-corrected chi connectivity index (χ4v) is 2.61. The Kier molecular flexibility index (Phi) is 4.26. The Morgan fingerprint density at radius 1 is 1.33 bits per heavy atom. The number of aliphatic hydroxyl groups is 1.